The van der Waals surface area contributed by atoms with Crippen LogP contribution in [0.5, 0.6) is 0 Å². The van der Waals surface area contributed by atoms with E-state index in [1.54, 1.807) is 0 Å². The van der Waals surface area contributed by atoms with Crippen molar-refractivity contribution in [3.63, 3.8) is 0 Å². The third kappa shape index (κ3) is 6.16. The normalized spacial score (nSPS) is 17.2. The third-order valence-electron chi connectivity index (χ3n) is 9.57. The van der Waals surface area contributed by atoms with Gasteiger partial charge in [-0.15, -0.1) is 0 Å². The van der Waals surface area contributed by atoms with Gasteiger partial charge in [0.05, 0.1) is 18.8 Å². The van der Waals surface area contributed by atoms with E-state index in [0.29, 0.717) is 17.0 Å². The number of carbonyl (C=O) groups is 1. The van der Waals surface area contributed by atoms with Gasteiger partial charge >= 0.3 is 0 Å². The Morgan fingerprint density at radius 2 is 1.82 bits per heavy atom. The lowest BCUT2D eigenvalue weighted by molar-refractivity contribution is 0.0341. The van der Waals surface area contributed by atoms with Crippen molar-refractivity contribution in [1.29, 1.82) is 0 Å². The van der Waals surface area contributed by atoms with Crippen LogP contribution in [0.25, 0.3) is 10.9 Å². The average Bonchev–Trinajstić information content (AvgIpc) is 3.32. The average molecular weight is 597 g/mol. The number of nitrogens with zero attached hydrogens (tertiary/aromatic N) is 4. The summed E-state index contributed by atoms with van der Waals surface area (Å²) in [6.07, 6.45) is 4.14. The molecule has 9 nitrogen and oxygen atoms in total. The molecule has 9 heteroatoms. The molecule has 2 aliphatic rings. The Labute approximate surface area is 259 Å². The summed E-state index contributed by atoms with van der Waals surface area (Å²) in [5.74, 6) is 1.37. The van der Waals surface area contributed by atoms with Crippen LogP contribution >= 0.6 is 0 Å². The second kappa shape index (κ2) is 13.0. The van der Waals surface area contributed by atoms with Crippen LogP contribution in [0.4, 0.5) is 5.82 Å². The summed E-state index contributed by atoms with van der Waals surface area (Å²) in [5, 5.41) is 3.98. The number of carbonyl (C=O) groups excluding carboxylic acids is 1. The molecule has 6 rings (SSSR count). The number of rotatable bonds is 8. The smallest absolute Gasteiger partial charge is 0.254 e. The fraction of sp³-hybridized carbons (Fsp3) is 0.457. The Bertz CT molecular complexity index is 1680. The van der Waals surface area contributed by atoms with E-state index in [-0.39, 0.29) is 24.1 Å². The number of fused-ring (bicyclic) bond motifs is 1. The summed E-state index contributed by atoms with van der Waals surface area (Å²) in [4.78, 5) is 38.7. The standard InChI is InChI=1S/C35H44N6O3/c1-23-19-24(2)38-34(42)30(23)21-37-35(43)33-26(4)41(31-8-6-5-7-29(31)33)25(3)28-11-13-40(14-12-28)32-10-9-27(20-36-32)22-39-15-17-44-18-16-39/h5-10,19-20,25,28H,11-18,21-22H2,1-4H3,(H,37,43)(H,38,42). The van der Waals surface area contributed by atoms with E-state index in [9.17, 15) is 9.59 Å². The van der Waals surface area contributed by atoms with Crippen LogP contribution in [0.2, 0.25) is 0 Å². The summed E-state index contributed by atoms with van der Waals surface area (Å²) in [7, 11) is 0. The Hall–Kier alpha value is -3.95. The molecular weight excluding hydrogens is 552 g/mol. The van der Waals surface area contributed by atoms with E-state index in [1.807, 2.05) is 51.2 Å². The van der Waals surface area contributed by atoms with Crippen LogP contribution in [0.15, 0.2) is 53.5 Å². The number of H-pyrrole nitrogens is 1. The number of aromatic nitrogens is 3. The number of piperidine rings is 1. The molecule has 4 aromatic rings. The van der Waals surface area contributed by atoms with Gasteiger partial charge in [-0.25, -0.2) is 4.98 Å². The Balaban J connectivity index is 1.14. The molecule has 44 heavy (non-hydrogen) atoms. The molecule has 1 aromatic carbocycles. The zero-order valence-corrected chi connectivity index (χ0v) is 26.4. The van der Waals surface area contributed by atoms with Gasteiger partial charge < -0.3 is 24.5 Å². The summed E-state index contributed by atoms with van der Waals surface area (Å²) in [6, 6.07) is 14.7. The van der Waals surface area contributed by atoms with Crippen LogP contribution in [0, 0.1) is 26.7 Å². The number of nitrogens with one attached hydrogen (secondary N) is 2. The quantitative estimate of drug-likeness (QED) is 0.301. The molecule has 2 saturated heterocycles. The van der Waals surface area contributed by atoms with Gasteiger partial charge in [0.1, 0.15) is 5.82 Å². The number of aryl methyl sites for hydroxylation is 2. The second-order valence-corrected chi connectivity index (χ2v) is 12.5. The van der Waals surface area contributed by atoms with Crippen LogP contribution in [0.3, 0.4) is 0 Å². The fourth-order valence-corrected chi connectivity index (χ4v) is 7.10. The number of benzene rings is 1. The van der Waals surface area contributed by atoms with E-state index >= 15 is 0 Å². The van der Waals surface area contributed by atoms with E-state index in [2.05, 4.69) is 49.8 Å². The topological polar surface area (TPSA) is 95.5 Å². The maximum absolute atomic E-state index is 13.6. The SMILES string of the molecule is Cc1cc(C)c(CNC(=O)c2c(C)n(C(C)C3CCN(c4ccc(CN5CCOCC5)cn4)CC3)c3ccccc23)c(=O)[nH]1. The highest BCUT2D eigenvalue weighted by molar-refractivity contribution is 6.08. The molecule has 0 saturated carbocycles. The van der Waals surface area contributed by atoms with Crippen LogP contribution in [0.1, 0.15) is 64.2 Å². The highest BCUT2D eigenvalue weighted by Crippen LogP contribution is 2.36. The third-order valence-corrected chi connectivity index (χ3v) is 9.57. The molecule has 2 N–H and O–H groups in total. The number of hydrogen-bond donors (Lipinski definition) is 2. The summed E-state index contributed by atoms with van der Waals surface area (Å²) in [6.45, 7) is 14.7. The molecule has 2 fully saturated rings. The van der Waals surface area contributed by atoms with Crippen molar-refractivity contribution >= 4 is 22.6 Å². The van der Waals surface area contributed by atoms with Gasteiger partial charge in [0.25, 0.3) is 11.5 Å². The first-order valence-corrected chi connectivity index (χ1v) is 15.9. The van der Waals surface area contributed by atoms with Crippen molar-refractivity contribution in [3.05, 3.63) is 92.7 Å². The number of morpholine rings is 1. The Kier molecular flexibility index (Phi) is 8.86. The van der Waals surface area contributed by atoms with Crippen LogP contribution < -0.4 is 15.8 Å². The fourth-order valence-electron chi connectivity index (χ4n) is 7.10. The minimum atomic E-state index is -0.152. The zero-order chi connectivity index (χ0) is 30.8. The predicted molar refractivity (Wildman–Crippen MR) is 174 cm³/mol. The lowest BCUT2D eigenvalue weighted by Crippen LogP contribution is -2.37. The second-order valence-electron chi connectivity index (χ2n) is 12.5. The number of pyridine rings is 2. The Morgan fingerprint density at radius 1 is 1.07 bits per heavy atom. The van der Waals surface area contributed by atoms with Crippen LogP contribution in [-0.4, -0.2) is 64.7 Å². The van der Waals surface area contributed by atoms with E-state index in [0.717, 1.165) is 92.5 Å². The largest absolute Gasteiger partial charge is 0.379 e. The van der Waals surface area contributed by atoms with Crippen molar-refractivity contribution in [2.45, 2.75) is 59.7 Å². The van der Waals surface area contributed by atoms with Crippen molar-refractivity contribution in [3.8, 4) is 0 Å². The van der Waals surface area contributed by atoms with Crippen molar-refractivity contribution < 1.29 is 9.53 Å². The predicted octanol–water partition coefficient (Wildman–Crippen LogP) is 4.89. The first-order chi connectivity index (χ1) is 21.3. The number of hydrogen-bond acceptors (Lipinski definition) is 6. The molecule has 0 spiro atoms. The van der Waals surface area contributed by atoms with Gasteiger partial charge in [0, 0.05) is 79.4 Å². The van der Waals surface area contributed by atoms with Crippen LogP contribution in [-0.2, 0) is 17.8 Å². The van der Waals surface area contributed by atoms with Gasteiger partial charge in [-0.3, -0.25) is 14.5 Å². The monoisotopic (exact) mass is 596 g/mol. The molecule has 1 atom stereocenters. The molecular formula is C35H44N6O3. The molecule has 0 radical (unpaired) electrons. The first kappa shape index (κ1) is 30.1. The van der Waals surface area contributed by atoms with Crippen molar-refractivity contribution in [1.82, 2.24) is 24.8 Å². The Morgan fingerprint density at radius 3 is 2.52 bits per heavy atom. The molecule has 0 aliphatic carbocycles. The van der Waals surface area contributed by atoms with Crippen molar-refractivity contribution in [2.75, 3.05) is 44.3 Å². The molecule has 0 bridgehead atoms. The van der Waals surface area contributed by atoms with Gasteiger partial charge in [-0.2, -0.15) is 0 Å². The highest BCUT2D eigenvalue weighted by Gasteiger charge is 2.29. The van der Waals surface area contributed by atoms with E-state index < -0.39 is 0 Å². The first-order valence-electron chi connectivity index (χ1n) is 15.9. The van der Waals surface area contributed by atoms with E-state index in [1.165, 1.54) is 5.56 Å². The highest BCUT2D eigenvalue weighted by atomic mass is 16.5. The maximum atomic E-state index is 13.6. The molecule has 3 aromatic heterocycles. The maximum Gasteiger partial charge on any atom is 0.254 e. The molecule has 1 amide bonds. The molecule has 5 heterocycles. The minimum absolute atomic E-state index is 0.151. The van der Waals surface area contributed by atoms with Gasteiger partial charge in [-0.05, 0) is 75.8 Å². The number of ether oxygens (including phenoxy) is 1. The van der Waals surface area contributed by atoms with Gasteiger partial charge in [0.2, 0.25) is 0 Å². The lowest BCUT2D eigenvalue weighted by atomic mass is 9.90. The number of para-hydroxylation sites is 1. The minimum Gasteiger partial charge on any atom is -0.379 e. The lowest BCUT2D eigenvalue weighted by Gasteiger charge is -2.36. The number of anilines is 1. The molecule has 232 valence electrons. The van der Waals surface area contributed by atoms with Gasteiger partial charge in [-0.1, -0.05) is 24.3 Å². The number of aromatic amines is 1. The summed E-state index contributed by atoms with van der Waals surface area (Å²) < 4.78 is 7.82. The molecule has 1 unspecified atom stereocenters. The number of amides is 1. The van der Waals surface area contributed by atoms with E-state index in [4.69, 9.17) is 9.72 Å². The van der Waals surface area contributed by atoms with Gasteiger partial charge in [0.15, 0.2) is 0 Å². The summed E-state index contributed by atoms with van der Waals surface area (Å²) >= 11 is 0. The van der Waals surface area contributed by atoms with Crippen molar-refractivity contribution in [2.24, 2.45) is 5.92 Å². The summed E-state index contributed by atoms with van der Waals surface area (Å²) in [5.41, 5.74) is 6.10. The molecule has 2 aliphatic heterocycles. The zero-order valence-electron chi connectivity index (χ0n) is 26.4.